The first-order valence-electron chi connectivity index (χ1n) is 5.48. The van der Waals surface area contributed by atoms with E-state index >= 15 is 0 Å². The molecule has 1 atom stereocenters. The van der Waals surface area contributed by atoms with E-state index in [1.165, 1.54) is 0 Å². The molecule has 0 saturated carbocycles. The van der Waals surface area contributed by atoms with Gasteiger partial charge in [0.15, 0.2) is 0 Å². The van der Waals surface area contributed by atoms with Gasteiger partial charge in [0.2, 0.25) is 0 Å². The molecule has 0 aliphatic carbocycles. The fourth-order valence-electron chi connectivity index (χ4n) is 1.56. The Morgan fingerprint density at radius 3 is 2.62 bits per heavy atom. The molecule has 0 aromatic heterocycles. The van der Waals surface area contributed by atoms with Gasteiger partial charge in [0.1, 0.15) is 0 Å². The summed E-state index contributed by atoms with van der Waals surface area (Å²) in [6.07, 6.45) is 1.04. The zero-order chi connectivity index (χ0) is 12.1. The van der Waals surface area contributed by atoms with Crippen LogP contribution in [0, 0.1) is 10.1 Å². The van der Waals surface area contributed by atoms with E-state index in [0.717, 1.165) is 12.0 Å². The van der Waals surface area contributed by atoms with Gasteiger partial charge in [-0.3, -0.25) is 15.0 Å². The second kappa shape index (κ2) is 5.61. The van der Waals surface area contributed by atoms with Crippen molar-refractivity contribution in [3.05, 3.63) is 39.9 Å². The van der Waals surface area contributed by atoms with E-state index in [1.54, 1.807) is 12.1 Å². The van der Waals surface area contributed by atoms with Crippen LogP contribution in [0.5, 0.6) is 0 Å². The van der Waals surface area contributed by atoms with Crippen molar-refractivity contribution in [2.45, 2.75) is 32.9 Å². The average molecular weight is 222 g/mol. The van der Waals surface area contributed by atoms with Crippen molar-refractivity contribution >= 4 is 5.69 Å². The van der Waals surface area contributed by atoms with E-state index < -0.39 is 0 Å². The molecule has 16 heavy (non-hydrogen) atoms. The molecule has 0 heterocycles. The molecule has 0 aliphatic heterocycles. The Balaban J connectivity index is 2.84. The van der Waals surface area contributed by atoms with Gasteiger partial charge in [-0.25, -0.2) is 0 Å². The van der Waals surface area contributed by atoms with Crippen molar-refractivity contribution in [3.8, 4) is 0 Å². The minimum atomic E-state index is -0.320. The summed E-state index contributed by atoms with van der Waals surface area (Å²) in [5.74, 6) is 0. The molecule has 0 spiro atoms. The number of benzene rings is 1. The fraction of sp³-hybridized carbons (Fsp3) is 0.500. The van der Waals surface area contributed by atoms with Crippen molar-refractivity contribution in [2.75, 3.05) is 7.05 Å². The maximum atomic E-state index is 10.8. The molecule has 0 aliphatic rings. The van der Waals surface area contributed by atoms with Gasteiger partial charge in [0, 0.05) is 24.2 Å². The summed E-state index contributed by atoms with van der Waals surface area (Å²) in [6, 6.07) is 7.34. The Morgan fingerprint density at radius 2 is 2.06 bits per heavy atom. The number of nitro benzene ring substituents is 1. The third kappa shape index (κ3) is 3.03. The molecule has 88 valence electrons. The maximum absolute atomic E-state index is 10.8. The van der Waals surface area contributed by atoms with Gasteiger partial charge in [-0.1, -0.05) is 25.1 Å². The van der Waals surface area contributed by atoms with Crippen LogP contribution in [0.1, 0.15) is 25.8 Å². The molecule has 0 amide bonds. The quantitative estimate of drug-likeness (QED) is 0.568. The molecule has 1 rings (SSSR count). The van der Waals surface area contributed by atoms with Crippen LogP contribution in [-0.2, 0) is 6.54 Å². The molecule has 4 nitrogen and oxygen atoms in total. The molecule has 0 bridgehead atoms. The first-order chi connectivity index (χ1) is 7.56. The van der Waals surface area contributed by atoms with E-state index in [0.29, 0.717) is 12.6 Å². The lowest BCUT2D eigenvalue weighted by Crippen LogP contribution is -2.28. The predicted octanol–water partition coefficient (Wildman–Crippen LogP) is 2.83. The number of nitro groups is 1. The monoisotopic (exact) mass is 222 g/mol. The summed E-state index contributed by atoms with van der Waals surface area (Å²) in [5, 5.41) is 10.8. The molecule has 0 saturated heterocycles. The van der Waals surface area contributed by atoms with Crippen LogP contribution < -0.4 is 0 Å². The van der Waals surface area contributed by atoms with Crippen LogP contribution in [-0.4, -0.2) is 22.9 Å². The van der Waals surface area contributed by atoms with Crippen LogP contribution in [0.25, 0.3) is 0 Å². The highest BCUT2D eigenvalue weighted by Gasteiger charge is 2.15. The Morgan fingerprint density at radius 1 is 1.44 bits per heavy atom. The molecule has 1 aromatic rings. The highest BCUT2D eigenvalue weighted by Crippen LogP contribution is 2.20. The average Bonchev–Trinajstić information content (AvgIpc) is 2.28. The molecule has 1 aromatic carbocycles. The highest BCUT2D eigenvalue weighted by molar-refractivity contribution is 5.39. The smallest absolute Gasteiger partial charge is 0.273 e. The maximum Gasteiger partial charge on any atom is 0.273 e. The van der Waals surface area contributed by atoms with Crippen LogP contribution in [0.15, 0.2) is 24.3 Å². The largest absolute Gasteiger partial charge is 0.299 e. The molecule has 0 fully saturated rings. The molecule has 0 radical (unpaired) electrons. The molecule has 1 unspecified atom stereocenters. The van der Waals surface area contributed by atoms with Crippen LogP contribution >= 0.6 is 0 Å². The number of hydrogen-bond donors (Lipinski definition) is 0. The van der Waals surface area contributed by atoms with Crippen molar-refractivity contribution in [2.24, 2.45) is 0 Å². The second-order valence-corrected chi connectivity index (χ2v) is 4.06. The van der Waals surface area contributed by atoms with Gasteiger partial charge in [-0.15, -0.1) is 0 Å². The third-order valence-corrected chi connectivity index (χ3v) is 2.95. The second-order valence-electron chi connectivity index (χ2n) is 4.06. The van der Waals surface area contributed by atoms with Gasteiger partial charge in [0.25, 0.3) is 5.69 Å². The lowest BCUT2D eigenvalue weighted by atomic mass is 10.1. The van der Waals surface area contributed by atoms with Gasteiger partial charge < -0.3 is 0 Å². The van der Waals surface area contributed by atoms with E-state index in [9.17, 15) is 10.1 Å². The van der Waals surface area contributed by atoms with Crippen molar-refractivity contribution in [1.29, 1.82) is 0 Å². The zero-order valence-electron chi connectivity index (χ0n) is 10.0. The first-order valence-corrected chi connectivity index (χ1v) is 5.48. The van der Waals surface area contributed by atoms with E-state index in [-0.39, 0.29) is 10.6 Å². The number of para-hydroxylation sites is 1. The lowest BCUT2D eigenvalue weighted by Gasteiger charge is -2.23. The first kappa shape index (κ1) is 12.6. The summed E-state index contributed by atoms with van der Waals surface area (Å²) in [4.78, 5) is 12.6. The lowest BCUT2D eigenvalue weighted by molar-refractivity contribution is -0.385. The van der Waals surface area contributed by atoms with Crippen LogP contribution in [0.2, 0.25) is 0 Å². The fourth-order valence-corrected chi connectivity index (χ4v) is 1.56. The summed E-state index contributed by atoms with van der Waals surface area (Å²) in [7, 11) is 1.99. The normalized spacial score (nSPS) is 12.8. The van der Waals surface area contributed by atoms with Gasteiger partial charge >= 0.3 is 0 Å². The summed E-state index contributed by atoms with van der Waals surface area (Å²) >= 11 is 0. The van der Waals surface area contributed by atoms with Gasteiger partial charge in [-0.05, 0) is 20.4 Å². The predicted molar refractivity (Wildman–Crippen MR) is 64.3 cm³/mol. The van der Waals surface area contributed by atoms with Crippen LogP contribution in [0.4, 0.5) is 5.69 Å². The molecular weight excluding hydrogens is 204 g/mol. The van der Waals surface area contributed by atoms with Gasteiger partial charge in [-0.2, -0.15) is 0 Å². The van der Waals surface area contributed by atoms with Crippen molar-refractivity contribution < 1.29 is 4.92 Å². The Hall–Kier alpha value is -1.42. The molecule has 0 N–H and O–H groups in total. The van der Waals surface area contributed by atoms with Gasteiger partial charge in [0.05, 0.1) is 4.92 Å². The Kier molecular flexibility index (Phi) is 4.43. The highest BCUT2D eigenvalue weighted by atomic mass is 16.6. The van der Waals surface area contributed by atoms with Crippen LogP contribution in [0.3, 0.4) is 0 Å². The minimum Gasteiger partial charge on any atom is -0.299 e. The van der Waals surface area contributed by atoms with Crippen molar-refractivity contribution in [3.63, 3.8) is 0 Å². The SMILES string of the molecule is CCC(C)N(C)Cc1ccccc1[N+](=O)[O-]. The summed E-state index contributed by atoms with van der Waals surface area (Å²) in [6.45, 7) is 4.85. The Bertz CT molecular complexity index is 366. The summed E-state index contributed by atoms with van der Waals surface area (Å²) < 4.78 is 0. The molecule has 4 heteroatoms. The van der Waals surface area contributed by atoms with Crippen molar-refractivity contribution in [1.82, 2.24) is 4.90 Å². The third-order valence-electron chi connectivity index (χ3n) is 2.95. The summed E-state index contributed by atoms with van der Waals surface area (Å²) in [5.41, 5.74) is 0.980. The van der Waals surface area contributed by atoms with E-state index in [4.69, 9.17) is 0 Å². The Labute approximate surface area is 96.0 Å². The topological polar surface area (TPSA) is 46.4 Å². The van der Waals surface area contributed by atoms with E-state index in [2.05, 4.69) is 18.7 Å². The number of nitrogens with zero attached hydrogens (tertiary/aromatic N) is 2. The minimum absolute atomic E-state index is 0.206. The number of hydrogen-bond acceptors (Lipinski definition) is 3. The van der Waals surface area contributed by atoms with E-state index in [1.807, 2.05) is 19.2 Å². The number of rotatable bonds is 5. The zero-order valence-corrected chi connectivity index (χ0v) is 10.0. The standard InChI is InChI=1S/C12H18N2O2/c1-4-10(2)13(3)9-11-7-5-6-8-12(11)14(15)16/h5-8,10H,4,9H2,1-3H3. The molecular formula is C12H18N2O2.